The molecule has 0 aromatic heterocycles. The number of aliphatic carboxylic acids is 1. The lowest BCUT2D eigenvalue weighted by Gasteiger charge is -2.26. The zero-order valence-electron chi connectivity index (χ0n) is 65.0. The number of allylic oxidation sites excluding steroid dienone is 12. The van der Waals surface area contributed by atoms with Crippen molar-refractivity contribution in [1.82, 2.24) is 0 Å². The molecular formula is C88H161NO8. The standard InChI is InChI=1S/C88H161NO8/c1-6-8-10-12-14-16-18-20-22-24-26-28-30-32-34-36-38-40-41-42-43-44-45-47-49-51-53-55-57-59-61-63-65-67-69-71-73-75-77-79-86(91)97-84(83-96-88(87(92)93)94-81-80-89(3,4)5)82-95-85(90)78-76-74-72-70-68-66-64-62-60-58-56-54-52-50-48-46-39-37-35-33-31-29-27-25-23-21-19-17-15-13-11-9-7-2/h18-21,24-27,30-33,84,88H,6-17,22-23,28-29,34-83H2,1-5H3/b20-18-,21-19-,26-24-,27-25-,32-30-,33-31-. The second-order valence-electron chi connectivity index (χ2n) is 29.8. The summed E-state index contributed by atoms with van der Waals surface area (Å²) in [4.78, 5) is 37.6. The highest BCUT2D eigenvalue weighted by atomic mass is 16.7. The Kier molecular flexibility index (Phi) is 75.8. The third kappa shape index (κ3) is 79.9. The fourth-order valence-electron chi connectivity index (χ4n) is 12.5. The van der Waals surface area contributed by atoms with Crippen molar-refractivity contribution in [2.75, 3.05) is 47.5 Å². The van der Waals surface area contributed by atoms with E-state index in [9.17, 15) is 19.5 Å². The largest absolute Gasteiger partial charge is 0.545 e. The molecule has 0 aromatic rings. The number of carboxylic acid groups (broad SMARTS) is 1. The van der Waals surface area contributed by atoms with Crippen molar-refractivity contribution in [1.29, 1.82) is 0 Å². The zero-order chi connectivity index (χ0) is 70.4. The number of carbonyl (C=O) groups excluding carboxylic acids is 3. The first-order valence-corrected chi connectivity index (χ1v) is 42.1. The van der Waals surface area contributed by atoms with E-state index in [4.69, 9.17) is 18.9 Å². The number of hydrogen-bond donors (Lipinski definition) is 0. The van der Waals surface area contributed by atoms with Crippen molar-refractivity contribution in [2.45, 2.75) is 424 Å². The van der Waals surface area contributed by atoms with Gasteiger partial charge in [0.15, 0.2) is 12.4 Å². The molecule has 0 aromatic carbocycles. The lowest BCUT2D eigenvalue weighted by Crippen LogP contribution is -2.44. The molecule has 0 aliphatic heterocycles. The molecule has 0 aliphatic carbocycles. The smallest absolute Gasteiger partial charge is 0.306 e. The van der Waals surface area contributed by atoms with Gasteiger partial charge in [-0.3, -0.25) is 9.59 Å². The van der Waals surface area contributed by atoms with Crippen LogP contribution in [0.3, 0.4) is 0 Å². The van der Waals surface area contributed by atoms with Gasteiger partial charge in [0.25, 0.3) is 0 Å². The molecule has 97 heavy (non-hydrogen) atoms. The first-order valence-electron chi connectivity index (χ1n) is 42.1. The third-order valence-electron chi connectivity index (χ3n) is 18.9. The van der Waals surface area contributed by atoms with Crippen LogP contribution in [0.1, 0.15) is 412 Å². The summed E-state index contributed by atoms with van der Waals surface area (Å²) in [5.41, 5.74) is 0. The summed E-state index contributed by atoms with van der Waals surface area (Å²) in [7, 11) is 5.95. The van der Waals surface area contributed by atoms with Crippen molar-refractivity contribution in [3.8, 4) is 0 Å². The van der Waals surface area contributed by atoms with Gasteiger partial charge in [-0.2, -0.15) is 0 Å². The van der Waals surface area contributed by atoms with Crippen molar-refractivity contribution in [3.63, 3.8) is 0 Å². The highest BCUT2D eigenvalue weighted by Crippen LogP contribution is 2.20. The van der Waals surface area contributed by atoms with E-state index in [1.165, 1.54) is 321 Å². The van der Waals surface area contributed by atoms with Gasteiger partial charge in [0.1, 0.15) is 13.2 Å². The fraction of sp³-hybridized carbons (Fsp3) is 0.830. The van der Waals surface area contributed by atoms with Gasteiger partial charge >= 0.3 is 11.9 Å². The average molecular weight is 1360 g/mol. The van der Waals surface area contributed by atoms with Crippen LogP contribution in [0.25, 0.3) is 0 Å². The quantitative estimate of drug-likeness (QED) is 0.0195. The van der Waals surface area contributed by atoms with Crippen LogP contribution >= 0.6 is 0 Å². The van der Waals surface area contributed by atoms with Crippen LogP contribution in [0.4, 0.5) is 0 Å². The predicted molar refractivity (Wildman–Crippen MR) is 417 cm³/mol. The number of carboxylic acids is 1. The normalized spacial score (nSPS) is 13.0. The summed E-state index contributed by atoms with van der Waals surface area (Å²) in [6.45, 7) is 4.79. The van der Waals surface area contributed by atoms with Gasteiger partial charge in [-0.1, -0.05) is 382 Å². The van der Waals surface area contributed by atoms with E-state index >= 15 is 0 Å². The van der Waals surface area contributed by atoms with Gasteiger partial charge in [0.2, 0.25) is 0 Å². The van der Waals surface area contributed by atoms with Crippen LogP contribution < -0.4 is 5.11 Å². The minimum Gasteiger partial charge on any atom is -0.545 e. The molecule has 0 radical (unpaired) electrons. The van der Waals surface area contributed by atoms with E-state index < -0.39 is 24.3 Å². The predicted octanol–water partition coefficient (Wildman–Crippen LogP) is 25.8. The molecule has 0 aliphatic rings. The van der Waals surface area contributed by atoms with Crippen LogP contribution in [0.15, 0.2) is 72.9 Å². The SMILES string of the molecule is CCCCCCC/C=C\C/C=C\C/C=C\CCCCCCCCCCCCCCCCCCCCCCCCCCC(=O)OC(COC(=O)CCCCCCCCCCCCCCCCCCCC/C=C\C/C=C\C/C=C\CCCCCCC)COC(OCC[N+](C)(C)C)C(=O)[O-]. The molecule has 0 N–H and O–H groups in total. The minimum atomic E-state index is -1.62. The Morgan fingerprint density at radius 2 is 0.557 bits per heavy atom. The van der Waals surface area contributed by atoms with Gasteiger partial charge in [-0.25, -0.2) is 0 Å². The molecule has 2 unspecified atom stereocenters. The number of hydrogen-bond acceptors (Lipinski definition) is 8. The Labute approximate surface area is 602 Å². The van der Waals surface area contributed by atoms with E-state index in [0.29, 0.717) is 17.4 Å². The molecule has 9 heteroatoms. The molecule has 0 fully saturated rings. The molecule has 0 bridgehead atoms. The lowest BCUT2D eigenvalue weighted by molar-refractivity contribution is -0.870. The molecule has 0 rings (SSSR count). The average Bonchev–Trinajstić information content (AvgIpc) is 2.39. The maximum absolute atomic E-state index is 13.0. The summed E-state index contributed by atoms with van der Waals surface area (Å²) < 4.78 is 22.9. The number of esters is 2. The molecule has 0 saturated carbocycles. The summed E-state index contributed by atoms with van der Waals surface area (Å²) in [6.07, 6.45) is 103. The third-order valence-corrected chi connectivity index (χ3v) is 18.9. The molecule has 0 heterocycles. The highest BCUT2D eigenvalue weighted by Gasteiger charge is 2.22. The molecule has 9 nitrogen and oxygen atoms in total. The second kappa shape index (κ2) is 78.4. The number of carbonyl (C=O) groups is 3. The number of quaternary nitrogens is 1. The van der Waals surface area contributed by atoms with Crippen LogP contribution in [-0.2, 0) is 33.3 Å². The van der Waals surface area contributed by atoms with E-state index in [1.54, 1.807) is 0 Å². The number of unbranched alkanes of at least 4 members (excludes halogenated alkanes) is 52. The van der Waals surface area contributed by atoms with Crippen molar-refractivity contribution in [3.05, 3.63) is 72.9 Å². The Balaban J connectivity index is 3.96. The van der Waals surface area contributed by atoms with Crippen LogP contribution in [-0.4, -0.2) is 82.3 Å². The van der Waals surface area contributed by atoms with Gasteiger partial charge in [0, 0.05) is 12.8 Å². The molecule has 0 amide bonds. The van der Waals surface area contributed by atoms with Crippen molar-refractivity contribution >= 4 is 17.9 Å². The van der Waals surface area contributed by atoms with Gasteiger partial charge in [0.05, 0.1) is 40.3 Å². The Morgan fingerprint density at radius 1 is 0.309 bits per heavy atom. The second-order valence-corrected chi connectivity index (χ2v) is 29.8. The van der Waals surface area contributed by atoms with Crippen LogP contribution in [0.2, 0.25) is 0 Å². The van der Waals surface area contributed by atoms with E-state index in [1.807, 2.05) is 21.1 Å². The monoisotopic (exact) mass is 1360 g/mol. The maximum Gasteiger partial charge on any atom is 0.306 e. The van der Waals surface area contributed by atoms with Crippen molar-refractivity contribution in [2.24, 2.45) is 0 Å². The first kappa shape index (κ1) is 93.7. The summed E-state index contributed by atoms with van der Waals surface area (Å²) in [5, 5.41) is 11.9. The number of nitrogens with zero attached hydrogens (tertiary/aromatic N) is 1. The Hall–Kier alpha value is -3.27. The summed E-state index contributed by atoms with van der Waals surface area (Å²) >= 11 is 0. The molecule has 566 valence electrons. The van der Waals surface area contributed by atoms with E-state index in [0.717, 1.165) is 64.2 Å². The Bertz CT molecular complexity index is 1830. The highest BCUT2D eigenvalue weighted by molar-refractivity contribution is 5.70. The number of likely N-dealkylation sites (N-methyl/N-ethyl adjacent to an activating group) is 1. The first-order chi connectivity index (χ1) is 47.6. The topological polar surface area (TPSA) is 111 Å². The lowest BCUT2D eigenvalue weighted by atomic mass is 10.0. The van der Waals surface area contributed by atoms with Crippen LogP contribution in [0, 0.1) is 0 Å². The molecule has 0 spiro atoms. The van der Waals surface area contributed by atoms with E-state index in [-0.39, 0.29) is 32.2 Å². The fourth-order valence-corrected chi connectivity index (χ4v) is 12.5. The van der Waals surface area contributed by atoms with E-state index in [2.05, 4.69) is 86.8 Å². The van der Waals surface area contributed by atoms with Crippen molar-refractivity contribution < 1.29 is 42.9 Å². The number of ether oxygens (including phenoxy) is 4. The maximum atomic E-state index is 13.0. The zero-order valence-corrected chi connectivity index (χ0v) is 65.0. The number of rotatable bonds is 79. The van der Waals surface area contributed by atoms with Gasteiger partial charge < -0.3 is 33.3 Å². The summed E-state index contributed by atoms with van der Waals surface area (Å²) in [6, 6.07) is 0. The minimum absolute atomic E-state index is 0.149. The summed E-state index contributed by atoms with van der Waals surface area (Å²) in [5.74, 6) is -2.25. The molecular weight excluding hydrogens is 1200 g/mol. The molecule has 0 saturated heterocycles. The van der Waals surface area contributed by atoms with Crippen LogP contribution in [0.5, 0.6) is 0 Å². The molecule has 2 atom stereocenters. The Morgan fingerprint density at radius 3 is 0.825 bits per heavy atom. The van der Waals surface area contributed by atoms with Gasteiger partial charge in [-0.15, -0.1) is 0 Å². The van der Waals surface area contributed by atoms with Gasteiger partial charge in [-0.05, 0) is 89.9 Å².